The molecular weight excluding hydrogens is 360 g/mol. The number of anilines is 2. The normalized spacial score (nSPS) is 15.6. The molecule has 0 aromatic heterocycles. The second-order valence-electron chi connectivity index (χ2n) is 8.20. The molecule has 0 aliphatic heterocycles. The smallest absolute Gasteiger partial charge is 0.0727 e. The monoisotopic (exact) mass is 398 g/mol. The van der Waals surface area contributed by atoms with E-state index in [0.29, 0.717) is 0 Å². The van der Waals surface area contributed by atoms with Crippen LogP contribution in [0.4, 0.5) is 11.4 Å². The molecule has 0 aliphatic carbocycles. The van der Waals surface area contributed by atoms with E-state index in [4.69, 9.17) is 27.7 Å². The quantitative estimate of drug-likeness (QED) is 0.408. The molecule has 2 aromatic carbocycles. The molecule has 0 radical (unpaired) electrons. The summed E-state index contributed by atoms with van der Waals surface area (Å²) in [4.78, 5) is 0. The molecule has 5 heteroatoms. The minimum atomic E-state index is -0.0280. The largest absolute Gasteiger partial charge is 0.399 e. The van der Waals surface area contributed by atoms with Crippen molar-refractivity contribution in [3.8, 4) is 0 Å². The fourth-order valence-electron chi connectivity index (χ4n) is 3.52. The Morgan fingerprint density at radius 3 is 1.31 bits per heavy atom. The van der Waals surface area contributed by atoms with Gasteiger partial charge >= 0.3 is 0 Å². The number of ether oxygens (including phenoxy) is 1. The fourth-order valence-corrected chi connectivity index (χ4v) is 3.52. The molecule has 0 heterocycles. The highest BCUT2D eigenvalue weighted by Crippen LogP contribution is 2.18. The van der Waals surface area contributed by atoms with Crippen LogP contribution >= 0.6 is 0 Å². The van der Waals surface area contributed by atoms with Crippen molar-refractivity contribution in [3.63, 3.8) is 0 Å². The van der Waals surface area contributed by atoms with Crippen LogP contribution in [0.3, 0.4) is 0 Å². The third-order valence-corrected chi connectivity index (χ3v) is 5.39. The summed E-state index contributed by atoms with van der Waals surface area (Å²) in [6.07, 6.45) is 5.89. The highest BCUT2D eigenvalue weighted by Gasteiger charge is 2.22. The molecule has 4 atom stereocenters. The summed E-state index contributed by atoms with van der Waals surface area (Å²) in [6.45, 7) is 4.03. The van der Waals surface area contributed by atoms with Crippen molar-refractivity contribution in [2.45, 2.75) is 76.7 Å². The van der Waals surface area contributed by atoms with Crippen LogP contribution in [0.1, 0.15) is 50.7 Å². The summed E-state index contributed by atoms with van der Waals surface area (Å²) in [6, 6.07) is 16.1. The minimum Gasteiger partial charge on any atom is -0.399 e. The number of nitrogens with two attached hydrogens (primary N) is 4. The first-order valence-electron chi connectivity index (χ1n) is 10.7. The molecule has 2 rings (SSSR count). The highest BCUT2D eigenvalue weighted by atomic mass is 16.5. The Bertz CT molecular complexity index is 636. The van der Waals surface area contributed by atoms with Gasteiger partial charge in [0.2, 0.25) is 0 Å². The second-order valence-corrected chi connectivity index (χ2v) is 8.20. The standard InChI is InChI=1S/C24H38N4O/c1-17(25)23(7-3-5-19-9-13-21(27)14-10-19)29-24(18(2)26)8-4-6-20-11-15-22(28)16-12-20/h9-18,23-24H,3-8,25-28H2,1-2H3. The van der Waals surface area contributed by atoms with Gasteiger partial charge in [0.1, 0.15) is 0 Å². The molecule has 0 aliphatic rings. The topological polar surface area (TPSA) is 113 Å². The van der Waals surface area contributed by atoms with Crippen molar-refractivity contribution >= 4 is 11.4 Å². The second kappa shape index (κ2) is 11.8. The van der Waals surface area contributed by atoms with Gasteiger partial charge in [-0.05, 0) is 87.8 Å². The molecule has 0 fully saturated rings. The summed E-state index contributed by atoms with van der Waals surface area (Å²) >= 11 is 0. The number of aryl methyl sites for hydroxylation is 2. The van der Waals surface area contributed by atoms with E-state index < -0.39 is 0 Å². The Morgan fingerprint density at radius 2 is 1.00 bits per heavy atom. The lowest BCUT2D eigenvalue weighted by atomic mass is 10.00. The molecule has 2 aromatic rings. The molecule has 0 bridgehead atoms. The SMILES string of the molecule is CC(N)C(CCCc1ccc(N)cc1)OC(CCCc1ccc(N)cc1)C(C)N. The van der Waals surface area contributed by atoms with Gasteiger partial charge in [0, 0.05) is 23.5 Å². The molecule has 0 saturated carbocycles. The first-order valence-corrected chi connectivity index (χ1v) is 10.7. The van der Waals surface area contributed by atoms with Crippen molar-refractivity contribution < 1.29 is 4.74 Å². The Hall–Kier alpha value is -2.08. The van der Waals surface area contributed by atoms with Crippen LogP contribution in [-0.2, 0) is 17.6 Å². The van der Waals surface area contributed by atoms with Gasteiger partial charge in [0.05, 0.1) is 12.2 Å². The molecule has 0 saturated heterocycles. The lowest BCUT2D eigenvalue weighted by Crippen LogP contribution is -2.42. The molecule has 160 valence electrons. The molecule has 0 amide bonds. The summed E-state index contributed by atoms with van der Waals surface area (Å²) in [5.74, 6) is 0. The van der Waals surface area contributed by atoms with Crippen molar-refractivity contribution in [2.75, 3.05) is 11.5 Å². The number of hydrogen-bond donors (Lipinski definition) is 4. The summed E-state index contributed by atoms with van der Waals surface area (Å²) in [5, 5.41) is 0. The number of nitrogen functional groups attached to an aromatic ring is 2. The van der Waals surface area contributed by atoms with Crippen molar-refractivity contribution in [3.05, 3.63) is 59.7 Å². The maximum Gasteiger partial charge on any atom is 0.0727 e. The van der Waals surface area contributed by atoms with E-state index in [2.05, 4.69) is 24.3 Å². The maximum atomic E-state index is 6.40. The van der Waals surface area contributed by atoms with E-state index >= 15 is 0 Å². The van der Waals surface area contributed by atoms with Crippen LogP contribution in [0.5, 0.6) is 0 Å². The van der Waals surface area contributed by atoms with Crippen molar-refractivity contribution in [1.29, 1.82) is 0 Å². The highest BCUT2D eigenvalue weighted by molar-refractivity contribution is 5.39. The van der Waals surface area contributed by atoms with Gasteiger partial charge in [-0.15, -0.1) is 0 Å². The zero-order valence-corrected chi connectivity index (χ0v) is 17.9. The molecule has 29 heavy (non-hydrogen) atoms. The van der Waals surface area contributed by atoms with Crippen LogP contribution in [0.2, 0.25) is 0 Å². The van der Waals surface area contributed by atoms with Crippen molar-refractivity contribution in [2.24, 2.45) is 11.5 Å². The number of rotatable bonds is 12. The Kier molecular flexibility index (Phi) is 9.45. The van der Waals surface area contributed by atoms with Crippen LogP contribution in [0.25, 0.3) is 0 Å². The van der Waals surface area contributed by atoms with E-state index in [1.165, 1.54) is 11.1 Å². The van der Waals surface area contributed by atoms with Gasteiger partial charge in [-0.3, -0.25) is 0 Å². The fraction of sp³-hybridized carbons (Fsp3) is 0.500. The van der Waals surface area contributed by atoms with Crippen molar-refractivity contribution in [1.82, 2.24) is 0 Å². The summed E-state index contributed by atoms with van der Waals surface area (Å²) in [5.41, 5.74) is 28.1. The summed E-state index contributed by atoms with van der Waals surface area (Å²) in [7, 11) is 0. The molecular formula is C24H38N4O. The molecule has 8 N–H and O–H groups in total. The number of hydrogen-bond acceptors (Lipinski definition) is 5. The van der Waals surface area contributed by atoms with Gasteiger partial charge < -0.3 is 27.7 Å². The number of benzene rings is 2. The van der Waals surface area contributed by atoms with Crippen LogP contribution in [0.15, 0.2) is 48.5 Å². The van der Waals surface area contributed by atoms with Gasteiger partial charge in [0.15, 0.2) is 0 Å². The zero-order valence-electron chi connectivity index (χ0n) is 17.9. The maximum absolute atomic E-state index is 6.40. The van der Waals surface area contributed by atoms with E-state index in [1.807, 2.05) is 38.1 Å². The molecule has 4 unspecified atom stereocenters. The lowest BCUT2D eigenvalue weighted by Gasteiger charge is -2.30. The first kappa shape index (κ1) is 23.2. The summed E-state index contributed by atoms with van der Waals surface area (Å²) < 4.78 is 6.40. The van der Waals surface area contributed by atoms with E-state index in [-0.39, 0.29) is 24.3 Å². The van der Waals surface area contributed by atoms with Gasteiger partial charge in [-0.25, -0.2) is 0 Å². The third kappa shape index (κ3) is 8.44. The first-order chi connectivity index (χ1) is 13.8. The van der Waals surface area contributed by atoms with E-state index in [1.54, 1.807) is 0 Å². The molecule has 0 spiro atoms. The van der Waals surface area contributed by atoms with Gasteiger partial charge in [-0.1, -0.05) is 24.3 Å². The lowest BCUT2D eigenvalue weighted by molar-refractivity contribution is -0.0408. The Labute approximate surface area is 175 Å². The van der Waals surface area contributed by atoms with E-state index in [9.17, 15) is 0 Å². The third-order valence-electron chi connectivity index (χ3n) is 5.39. The predicted octanol–water partition coefficient (Wildman–Crippen LogP) is 3.64. The molecule has 5 nitrogen and oxygen atoms in total. The average molecular weight is 399 g/mol. The predicted molar refractivity (Wildman–Crippen MR) is 124 cm³/mol. The van der Waals surface area contributed by atoms with Crippen LogP contribution in [0, 0.1) is 0 Å². The average Bonchev–Trinajstić information content (AvgIpc) is 2.68. The minimum absolute atomic E-state index is 0.0105. The van der Waals surface area contributed by atoms with Gasteiger partial charge in [0.25, 0.3) is 0 Å². The van der Waals surface area contributed by atoms with Gasteiger partial charge in [-0.2, -0.15) is 0 Å². The van der Waals surface area contributed by atoms with Crippen LogP contribution < -0.4 is 22.9 Å². The Morgan fingerprint density at radius 1 is 0.655 bits per heavy atom. The zero-order chi connectivity index (χ0) is 21.2. The van der Waals surface area contributed by atoms with Crippen LogP contribution in [-0.4, -0.2) is 24.3 Å². The Balaban J connectivity index is 1.82. The van der Waals surface area contributed by atoms with E-state index in [0.717, 1.165) is 49.9 Å².